The van der Waals surface area contributed by atoms with Gasteiger partial charge in [0.1, 0.15) is 11.2 Å². The van der Waals surface area contributed by atoms with Crippen molar-refractivity contribution in [3.05, 3.63) is 53.8 Å². The third-order valence-corrected chi connectivity index (χ3v) is 4.86. The minimum Gasteiger partial charge on any atom is -0.454 e. The molecule has 1 fully saturated rings. The molecule has 6 nitrogen and oxygen atoms in total. The van der Waals surface area contributed by atoms with Crippen molar-refractivity contribution in [2.75, 3.05) is 18.7 Å². The highest BCUT2D eigenvalue weighted by atomic mass is 19.1. The SMILES string of the molecule is O=C(NCCc1ccc(F)cc1)C1(C(=O)Nc2ccc3c(c2)OCO3)CC1. The van der Waals surface area contributed by atoms with E-state index in [1.807, 2.05) is 0 Å². The number of hydrogen-bond donors (Lipinski definition) is 2. The Labute approximate surface area is 155 Å². The van der Waals surface area contributed by atoms with E-state index in [4.69, 9.17) is 9.47 Å². The topological polar surface area (TPSA) is 76.7 Å². The fourth-order valence-electron chi connectivity index (χ4n) is 3.05. The predicted molar refractivity (Wildman–Crippen MR) is 96.0 cm³/mol. The Morgan fingerprint density at radius 1 is 1.00 bits per heavy atom. The first-order chi connectivity index (χ1) is 13.1. The lowest BCUT2D eigenvalue weighted by molar-refractivity contribution is -0.134. The van der Waals surface area contributed by atoms with E-state index >= 15 is 0 Å². The second-order valence-corrected chi connectivity index (χ2v) is 6.74. The smallest absolute Gasteiger partial charge is 0.240 e. The summed E-state index contributed by atoms with van der Waals surface area (Å²) in [6.07, 6.45) is 1.61. The molecule has 1 aliphatic heterocycles. The van der Waals surface area contributed by atoms with Gasteiger partial charge in [0.05, 0.1) is 0 Å². The monoisotopic (exact) mass is 370 g/mol. The van der Waals surface area contributed by atoms with Gasteiger partial charge >= 0.3 is 0 Å². The number of anilines is 1. The third-order valence-electron chi connectivity index (χ3n) is 4.86. The van der Waals surface area contributed by atoms with Crippen LogP contribution in [0.2, 0.25) is 0 Å². The molecule has 1 aliphatic carbocycles. The van der Waals surface area contributed by atoms with E-state index in [-0.39, 0.29) is 24.4 Å². The lowest BCUT2D eigenvalue weighted by atomic mass is 10.0. The number of nitrogens with one attached hydrogen (secondary N) is 2. The number of halogens is 1. The number of ether oxygens (including phenoxy) is 2. The zero-order chi connectivity index (χ0) is 18.9. The molecule has 2 aromatic rings. The Hall–Kier alpha value is -3.09. The van der Waals surface area contributed by atoms with Crippen LogP contribution in [0.25, 0.3) is 0 Å². The van der Waals surface area contributed by atoms with Crippen molar-refractivity contribution in [1.82, 2.24) is 5.32 Å². The number of fused-ring (bicyclic) bond motifs is 1. The van der Waals surface area contributed by atoms with Gasteiger partial charge in [0.2, 0.25) is 18.6 Å². The Kier molecular flexibility index (Phi) is 4.43. The number of amides is 2. The van der Waals surface area contributed by atoms with Gasteiger partial charge in [-0.25, -0.2) is 4.39 Å². The highest BCUT2D eigenvalue weighted by Crippen LogP contribution is 2.47. The zero-order valence-electron chi connectivity index (χ0n) is 14.6. The van der Waals surface area contributed by atoms with E-state index in [1.165, 1.54) is 12.1 Å². The second-order valence-electron chi connectivity index (χ2n) is 6.74. The average Bonchev–Trinajstić information content (AvgIpc) is 3.36. The van der Waals surface area contributed by atoms with Crippen LogP contribution in [-0.2, 0) is 16.0 Å². The molecule has 2 aliphatic rings. The molecule has 1 heterocycles. The van der Waals surface area contributed by atoms with Crippen molar-refractivity contribution in [3.8, 4) is 11.5 Å². The van der Waals surface area contributed by atoms with Gasteiger partial charge in [-0.1, -0.05) is 12.1 Å². The lowest BCUT2D eigenvalue weighted by Crippen LogP contribution is -2.40. The van der Waals surface area contributed by atoms with Gasteiger partial charge in [-0.15, -0.1) is 0 Å². The number of benzene rings is 2. The highest BCUT2D eigenvalue weighted by molar-refractivity contribution is 6.13. The minimum absolute atomic E-state index is 0.160. The summed E-state index contributed by atoms with van der Waals surface area (Å²) >= 11 is 0. The molecule has 0 bridgehead atoms. The van der Waals surface area contributed by atoms with Gasteiger partial charge < -0.3 is 20.1 Å². The number of rotatable bonds is 6. The maximum absolute atomic E-state index is 12.9. The van der Waals surface area contributed by atoms with Crippen LogP contribution < -0.4 is 20.1 Å². The van der Waals surface area contributed by atoms with Crippen LogP contribution in [0.1, 0.15) is 18.4 Å². The molecule has 0 unspecified atom stereocenters. The molecule has 140 valence electrons. The predicted octanol–water partition coefficient (Wildman–Crippen LogP) is 2.63. The summed E-state index contributed by atoms with van der Waals surface area (Å²) in [6, 6.07) is 11.3. The molecule has 0 aromatic heterocycles. The van der Waals surface area contributed by atoms with Crippen LogP contribution in [-0.4, -0.2) is 25.2 Å². The van der Waals surface area contributed by atoms with Crippen molar-refractivity contribution in [3.63, 3.8) is 0 Å². The molecule has 0 radical (unpaired) electrons. The van der Waals surface area contributed by atoms with Crippen molar-refractivity contribution in [2.24, 2.45) is 5.41 Å². The molecule has 0 atom stereocenters. The summed E-state index contributed by atoms with van der Waals surface area (Å²) in [4.78, 5) is 25.1. The quantitative estimate of drug-likeness (QED) is 0.767. The molecule has 7 heteroatoms. The largest absolute Gasteiger partial charge is 0.454 e. The first-order valence-electron chi connectivity index (χ1n) is 8.81. The van der Waals surface area contributed by atoms with Crippen LogP contribution in [0.5, 0.6) is 11.5 Å². The summed E-state index contributed by atoms with van der Waals surface area (Å²) in [6.45, 7) is 0.552. The molecule has 27 heavy (non-hydrogen) atoms. The van der Waals surface area contributed by atoms with Crippen molar-refractivity contribution >= 4 is 17.5 Å². The van der Waals surface area contributed by atoms with E-state index < -0.39 is 5.41 Å². The van der Waals surface area contributed by atoms with Gasteiger partial charge in [-0.05, 0) is 49.1 Å². The molecular formula is C20H19FN2O4. The number of hydrogen-bond acceptors (Lipinski definition) is 4. The van der Waals surface area contributed by atoms with Crippen LogP contribution >= 0.6 is 0 Å². The van der Waals surface area contributed by atoms with Crippen LogP contribution in [0, 0.1) is 11.2 Å². The molecule has 0 spiro atoms. The highest BCUT2D eigenvalue weighted by Gasteiger charge is 2.56. The maximum Gasteiger partial charge on any atom is 0.240 e. The molecular weight excluding hydrogens is 351 g/mol. The normalized spacial score (nSPS) is 15.9. The summed E-state index contributed by atoms with van der Waals surface area (Å²) in [5.41, 5.74) is 0.472. The molecule has 2 aromatic carbocycles. The van der Waals surface area contributed by atoms with E-state index in [2.05, 4.69) is 10.6 Å². The Balaban J connectivity index is 1.32. The number of carbonyl (C=O) groups excluding carboxylic acids is 2. The Bertz CT molecular complexity index is 878. The average molecular weight is 370 g/mol. The van der Waals surface area contributed by atoms with Gasteiger partial charge in [0.25, 0.3) is 0 Å². The van der Waals surface area contributed by atoms with Crippen LogP contribution in [0.4, 0.5) is 10.1 Å². The fraction of sp³-hybridized carbons (Fsp3) is 0.300. The maximum atomic E-state index is 12.9. The Morgan fingerprint density at radius 2 is 1.74 bits per heavy atom. The number of carbonyl (C=O) groups is 2. The molecule has 0 saturated heterocycles. The second kappa shape index (κ2) is 6.90. The van der Waals surface area contributed by atoms with E-state index in [0.29, 0.717) is 43.0 Å². The van der Waals surface area contributed by atoms with Crippen molar-refractivity contribution in [2.45, 2.75) is 19.3 Å². The summed E-state index contributed by atoms with van der Waals surface area (Å²) in [5, 5.41) is 5.61. The first kappa shape index (κ1) is 17.3. The van der Waals surface area contributed by atoms with Crippen molar-refractivity contribution in [1.29, 1.82) is 0 Å². The van der Waals surface area contributed by atoms with Gasteiger partial charge in [-0.2, -0.15) is 0 Å². The van der Waals surface area contributed by atoms with Crippen molar-refractivity contribution < 1.29 is 23.5 Å². The zero-order valence-corrected chi connectivity index (χ0v) is 14.6. The Morgan fingerprint density at radius 3 is 2.48 bits per heavy atom. The van der Waals surface area contributed by atoms with Crippen LogP contribution in [0.3, 0.4) is 0 Å². The summed E-state index contributed by atoms with van der Waals surface area (Å²) < 4.78 is 23.5. The third kappa shape index (κ3) is 3.58. The standard InChI is InChI=1S/C20H19FN2O4/c21-14-3-1-13(2-4-14)7-10-22-18(24)20(8-9-20)19(25)23-15-5-6-16-17(11-15)27-12-26-16/h1-6,11H,7-10,12H2,(H,22,24)(H,23,25). The molecule has 1 saturated carbocycles. The molecule has 4 rings (SSSR count). The lowest BCUT2D eigenvalue weighted by Gasteiger charge is -2.15. The van der Waals surface area contributed by atoms with Gasteiger partial charge in [0, 0.05) is 18.3 Å². The van der Waals surface area contributed by atoms with E-state index in [0.717, 1.165) is 5.56 Å². The van der Waals surface area contributed by atoms with E-state index in [1.54, 1.807) is 30.3 Å². The first-order valence-corrected chi connectivity index (χ1v) is 8.81. The molecule has 2 amide bonds. The molecule has 2 N–H and O–H groups in total. The fourth-order valence-corrected chi connectivity index (χ4v) is 3.05. The van der Waals surface area contributed by atoms with Gasteiger partial charge in [0.15, 0.2) is 11.5 Å². The summed E-state index contributed by atoms with van der Waals surface area (Å²) in [5.74, 6) is 0.317. The summed E-state index contributed by atoms with van der Waals surface area (Å²) in [7, 11) is 0. The van der Waals surface area contributed by atoms with Crippen LogP contribution in [0.15, 0.2) is 42.5 Å². The van der Waals surface area contributed by atoms with Gasteiger partial charge in [-0.3, -0.25) is 9.59 Å². The van der Waals surface area contributed by atoms with E-state index in [9.17, 15) is 14.0 Å². The minimum atomic E-state index is -1.01.